The second kappa shape index (κ2) is 8.90. The molecule has 1 aromatic heterocycles. The summed E-state index contributed by atoms with van der Waals surface area (Å²) in [5.41, 5.74) is 3.90. The Morgan fingerprint density at radius 2 is 2.07 bits per heavy atom. The van der Waals surface area contributed by atoms with Gasteiger partial charge in [0.1, 0.15) is 17.9 Å². The zero-order valence-electron chi connectivity index (χ0n) is 15.5. The lowest BCUT2D eigenvalue weighted by molar-refractivity contribution is 0.0929. The first-order valence-corrected chi connectivity index (χ1v) is 10.7. The molecule has 148 valence electrons. The van der Waals surface area contributed by atoms with E-state index in [1.54, 1.807) is 12.3 Å². The van der Waals surface area contributed by atoms with Gasteiger partial charge in [-0.15, -0.1) is 6.42 Å². The molecule has 1 N–H and O–H groups in total. The number of hydrogen-bond donors (Lipinski definition) is 1. The van der Waals surface area contributed by atoms with Crippen molar-refractivity contribution >= 4 is 72.4 Å². The summed E-state index contributed by atoms with van der Waals surface area (Å²) in [7, 11) is 0. The van der Waals surface area contributed by atoms with Crippen LogP contribution in [0.25, 0.3) is 21.7 Å². The molecule has 0 unspecified atom stereocenters. The van der Waals surface area contributed by atoms with Crippen LogP contribution in [0.15, 0.2) is 68.6 Å². The van der Waals surface area contributed by atoms with E-state index in [9.17, 15) is 4.79 Å². The molecule has 4 aromatic rings. The first-order valence-electron chi connectivity index (χ1n) is 8.87. The highest BCUT2D eigenvalue weighted by Crippen LogP contribution is 2.29. The third kappa shape index (κ3) is 4.20. The molecule has 3 aromatic carbocycles. The highest BCUT2D eigenvalue weighted by atomic mass is 127. The van der Waals surface area contributed by atoms with E-state index in [0.29, 0.717) is 11.3 Å². The number of furan rings is 1. The SMILES string of the molecule is C#CCOc1ccc2ccccc2c1/C=N\NC(=O)c1cc2cc(Br)cc(I)c2o1. The number of fused-ring (bicyclic) bond motifs is 2. The zero-order valence-corrected chi connectivity index (χ0v) is 19.2. The summed E-state index contributed by atoms with van der Waals surface area (Å²) in [6.45, 7) is 0.138. The lowest BCUT2D eigenvalue weighted by Gasteiger charge is -2.09. The quantitative estimate of drug-likeness (QED) is 0.144. The number of hydrazone groups is 1. The number of nitrogens with one attached hydrogen (secondary N) is 1. The summed E-state index contributed by atoms with van der Waals surface area (Å²) in [6, 6.07) is 17.1. The Kier molecular flexibility index (Phi) is 6.06. The minimum Gasteiger partial charge on any atom is -0.480 e. The molecule has 0 radical (unpaired) electrons. The third-order valence-electron chi connectivity index (χ3n) is 4.36. The van der Waals surface area contributed by atoms with Crippen LogP contribution in [-0.4, -0.2) is 18.7 Å². The summed E-state index contributed by atoms with van der Waals surface area (Å²) < 4.78 is 13.2. The molecule has 30 heavy (non-hydrogen) atoms. The van der Waals surface area contributed by atoms with E-state index < -0.39 is 5.91 Å². The molecule has 0 aliphatic rings. The first kappa shape index (κ1) is 20.4. The smallest absolute Gasteiger partial charge is 0.307 e. The van der Waals surface area contributed by atoms with E-state index in [4.69, 9.17) is 15.6 Å². The average molecular weight is 573 g/mol. The molecule has 0 aliphatic heterocycles. The molecule has 0 spiro atoms. The van der Waals surface area contributed by atoms with Gasteiger partial charge in [-0.05, 0) is 57.6 Å². The van der Waals surface area contributed by atoms with E-state index >= 15 is 0 Å². The van der Waals surface area contributed by atoms with Crippen LogP contribution < -0.4 is 10.2 Å². The van der Waals surface area contributed by atoms with Crippen LogP contribution in [0.1, 0.15) is 16.1 Å². The van der Waals surface area contributed by atoms with Crippen molar-refractivity contribution < 1.29 is 13.9 Å². The second-order valence-corrected chi connectivity index (χ2v) is 8.38. The summed E-state index contributed by atoms with van der Waals surface area (Å²) in [4.78, 5) is 12.5. The van der Waals surface area contributed by atoms with Gasteiger partial charge >= 0.3 is 5.91 Å². The maximum absolute atomic E-state index is 12.5. The van der Waals surface area contributed by atoms with Crippen LogP contribution >= 0.6 is 38.5 Å². The van der Waals surface area contributed by atoms with E-state index in [0.717, 1.165) is 29.8 Å². The minimum absolute atomic E-state index is 0.138. The molecule has 0 atom stereocenters. The minimum atomic E-state index is -0.444. The Hall–Kier alpha value is -2.83. The van der Waals surface area contributed by atoms with Crippen molar-refractivity contribution in [1.82, 2.24) is 5.43 Å². The van der Waals surface area contributed by atoms with Crippen molar-refractivity contribution in [3.05, 3.63) is 74.0 Å². The number of carbonyl (C=O) groups excluding carboxylic acids is 1. The molecule has 0 saturated heterocycles. The number of amides is 1. The topological polar surface area (TPSA) is 63.8 Å². The third-order valence-corrected chi connectivity index (χ3v) is 5.62. The number of benzene rings is 3. The molecule has 0 bridgehead atoms. The molecular weight excluding hydrogens is 559 g/mol. The van der Waals surface area contributed by atoms with Crippen molar-refractivity contribution in [2.24, 2.45) is 5.10 Å². The summed E-state index contributed by atoms with van der Waals surface area (Å²) in [5.74, 6) is 2.78. The van der Waals surface area contributed by atoms with Gasteiger partial charge < -0.3 is 9.15 Å². The second-order valence-electron chi connectivity index (χ2n) is 6.31. The van der Waals surface area contributed by atoms with Crippen LogP contribution in [0.3, 0.4) is 0 Å². The number of hydrogen-bond acceptors (Lipinski definition) is 4. The number of halogens is 2. The Morgan fingerprint density at radius 3 is 2.90 bits per heavy atom. The zero-order chi connectivity index (χ0) is 21.1. The fourth-order valence-corrected chi connectivity index (χ4v) is 4.71. The molecule has 4 rings (SSSR count). The number of carbonyl (C=O) groups is 1. The summed E-state index contributed by atoms with van der Waals surface area (Å²) in [6.07, 6.45) is 6.87. The van der Waals surface area contributed by atoms with Crippen LogP contribution in [0.5, 0.6) is 5.75 Å². The van der Waals surface area contributed by atoms with Gasteiger partial charge in [0.2, 0.25) is 0 Å². The monoisotopic (exact) mass is 572 g/mol. The van der Waals surface area contributed by atoms with Crippen LogP contribution in [0.4, 0.5) is 0 Å². The van der Waals surface area contributed by atoms with Crippen molar-refractivity contribution in [2.75, 3.05) is 6.61 Å². The molecule has 1 heterocycles. The number of nitrogens with zero attached hydrogens (tertiary/aromatic N) is 1. The van der Waals surface area contributed by atoms with Crippen molar-refractivity contribution in [2.45, 2.75) is 0 Å². The van der Waals surface area contributed by atoms with Crippen molar-refractivity contribution in [1.29, 1.82) is 0 Å². The highest BCUT2D eigenvalue weighted by molar-refractivity contribution is 14.1. The Morgan fingerprint density at radius 1 is 1.23 bits per heavy atom. The maximum atomic E-state index is 12.5. The molecule has 0 saturated carbocycles. The molecular formula is C23H14BrIN2O3. The van der Waals surface area contributed by atoms with Gasteiger partial charge in [0.05, 0.1) is 9.78 Å². The van der Waals surface area contributed by atoms with Gasteiger partial charge in [0.15, 0.2) is 5.76 Å². The molecule has 7 heteroatoms. The molecule has 0 aliphatic carbocycles. The molecule has 5 nitrogen and oxygen atoms in total. The lowest BCUT2D eigenvalue weighted by Crippen LogP contribution is -2.16. The van der Waals surface area contributed by atoms with Crippen LogP contribution in [-0.2, 0) is 0 Å². The normalized spacial score (nSPS) is 11.1. The van der Waals surface area contributed by atoms with E-state index in [-0.39, 0.29) is 12.4 Å². The highest BCUT2D eigenvalue weighted by Gasteiger charge is 2.14. The predicted octanol–water partition coefficient (Wildman–Crippen LogP) is 5.73. The fraction of sp³-hybridized carbons (Fsp3) is 0.0435. The molecule has 1 amide bonds. The van der Waals surface area contributed by atoms with Crippen LogP contribution in [0.2, 0.25) is 0 Å². The molecule has 0 fully saturated rings. The van der Waals surface area contributed by atoms with Crippen molar-refractivity contribution in [3.8, 4) is 18.1 Å². The summed E-state index contributed by atoms with van der Waals surface area (Å²) in [5, 5.41) is 6.92. The Bertz CT molecular complexity index is 1340. The number of terminal acetylenes is 1. The standard InChI is InChI=1S/C23H14BrIN2O3/c1-2-9-29-20-8-7-14-5-3-4-6-17(14)18(20)13-26-27-23(28)21-11-15-10-16(24)12-19(25)22(15)30-21/h1,3-8,10-13H,9H2,(H,27,28)/b26-13-. The van der Waals surface area contributed by atoms with Gasteiger partial charge in [-0.2, -0.15) is 5.10 Å². The van der Waals surface area contributed by atoms with Gasteiger partial charge in [-0.25, -0.2) is 5.43 Å². The Balaban J connectivity index is 1.61. The largest absolute Gasteiger partial charge is 0.480 e. The fourth-order valence-electron chi connectivity index (χ4n) is 3.05. The van der Waals surface area contributed by atoms with Crippen molar-refractivity contribution in [3.63, 3.8) is 0 Å². The Labute approximate surface area is 194 Å². The van der Waals surface area contributed by atoms with Gasteiger partial charge in [0.25, 0.3) is 0 Å². The lowest BCUT2D eigenvalue weighted by atomic mass is 10.0. The number of ether oxygens (including phenoxy) is 1. The first-order chi connectivity index (χ1) is 14.6. The van der Waals surface area contributed by atoms with E-state index in [1.165, 1.54) is 0 Å². The average Bonchev–Trinajstić information content (AvgIpc) is 3.17. The maximum Gasteiger partial charge on any atom is 0.307 e. The van der Waals surface area contributed by atoms with Gasteiger partial charge in [-0.1, -0.05) is 52.2 Å². The number of rotatable bonds is 5. The summed E-state index contributed by atoms with van der Waals surface area (Å²) >= 11 is 5.61. The van der Waals surface area contributed by atoms with Crippen LogP contribution in [0, 0.1) is 15.9 Å². The van der Waals surface area contributed by atoms with E-state index in [2.05, 4.69) is 55.0 Å². The van der Waals surface area contributed by atoms with Gasteiger partial charge in [0, 0.05) is 15.4 Å². The predicted molar refractivity (Wildman–Crippen MR) is 130 cm³/mol. The van der Waals surface area contributed by atoms with E-state index in [1.807, 2.05) is 48.5 Å². The van der Waals surface area contributed by atoms with Gasteiger partial charge in [-0.3, -0.25) is 4.79 Å².